The van der Waals surface area contributed by atoms with Crippen LogP contribution in [0.15, 0.2) is 59.5 Å². The number of benzene rings is 2. The van der Waals surface area contributed by atoms with Gasteiger partial charge in [0.2, 0.25) is 0 Å². The first-order chi connectivity index (χ1) is 9.91. The predicted octanol–water partition coefficient (Wildman–Crippen LogP) is 3.18. The van der Waals surface area contributed by atoms with Gasteiger partial charge in [-0.15, -0.1) is 0 Å². The highest BCUT2D eigenvalue weighted by molar-refractivity contribution is 7.90. The standard InChI is InChI=1S/C16H12FNO2S/c1-21(19,20)15-8-4-13(5-9-15)16(10-11-18)12-2-6-14(17)7-3-12/h2-10H,1H3. The van der Waals surface area contributed by atoms with E-state index >= 15 is 0 Å². The summed E-state index contributed by atoms with van der Waals surface area (Å²) in [7, 11) is -3.26. The minimum absolute atomic E-state index is 0.210. The van der Waals surface area contributed by atoms with Gasteiger partial charge in [-0.1, -0.05) is 24.3 Å². The Kier molecular flexibility index (Phi) is 4.20. The highest BCUT2D eigenvalue weighted by atomic mass is 32.2. The molecule has 0 N–H and O–H groups in total. The number of hydrogen-bond donors (Lipinski definition) is 0. The van der Waals surface area contributed by atoms with E-state index in [9.17, 15) is 12.8 Å². The molecule has 0 amide bonds. The van der Waals surface area contributed by atoms with Crippen molar-refractivity contribution in [3.05, 3.63) is 71.6 Å². The zero-order chi connectivity index (χ0) is 15.5. The van der Waals surface area contributed by atoms with Crippen molar-refractivity contribution in [3.63, 3.8) is 0 Å². The third kappa shape index (κ3) is 3.56. The molecule has 5 heteroatoms. The van der Waals surface area contributed by atoms with Gasteiger partial charge in [0, 0.05) is 12.3 Å². The van der Waals surface area contributed by atoms with E-state index in [1.165, 1.54) is 30.3 Å². The summed E-state index contributed by atoms with van der Waals surface area (Å²) < 4.78 is 35.8. The molecular weight excluding hydrogens is 289 g/mol. The second-order valence-corrected chi connectivity index (χ2v) is 6.51. The first-order valence-electron chi connectivity index (χ1n) is 6.08. The molecule has 0 radical (unpaired) electrons. The molecule has 2 rings (SSSR count). The normalized spacial score (nSPS) is 12.0. The minimum Gasteiger partial charge on any atom is -0.224 e. The zero-order valence-electron chi connectivity index (χ0n) is 11.2. The maximum Gasteiger partial charge on any atom is 0.175 e. The van der Waals surface area contributed by atoms with E-state index in [4.69, 9.17) is 5.26 Å². The molecule has 2 aromatic carbocycles. The number of halogens is 1. The molecule has 0 aromatic heterocycles. The lowest BCUT2D eigenvalue weighted by Gasteiger charge is -2.08. The van der Waals surface area contributed by atoms with Crippen LogP contribution >= 0.6 is 0 Å². The monoisotopic (exact) mass is 301 g/mol. The van der Waals surface area contributed by atoms with Crippen LogP contribution in [-0.2, 0) is 9.84 Å². The highest BCUT2D eigenvalue weighted by Crippen LogP contribution is 2.24. The van der Waals surface area contributed by atoms with Gasteiger partial charge in [0.1, 0.15) is 5.82 Å². The number of nitriles is 1. The molecule has 0 aliphatic heterocycles. The van der Waals surface area contributed by atoms with Gasteiger partial charge < -0.3 is 0 Å². The molecular formula is C16H12FNO2S. The highest BCUT2D eigenvalue weighted by Gasteiger charge is 2.09. The van der Waals surface area contributed by atoms with Crippen LogP contribution < -0.4 is 0 Å². The van der Waals surface area contributed by atoms with Crippen molar-refractivity contribution in [3.8, 4) is 6.07 Å². The van der Waals surface area contributed by atoms with Gasteiger partial charge in [-0.3, -0.25) is 0 Å². The van der Waals surface area contributed by atoms with Gasteiger partial charge in [-0.2, -0.15) is 5.26 Å². The van der Waals surface area contributed by atoms with E-state index < -0.39 is 9.84 Å². The summed E-state index contributed by atoms with van der Waals surface area (Å²) in [5.74, 6) is -0.359. The maximum atomic E-state index is 13.0. The van der Waals surface area contributed by atoms with Gasteiger partial charge in [0.15, 0.2) is 9.84 Å². The molecule has 0 spiro atoms. The average Bonchev–Trinajstić information content (AvgIpc) is 2.45. The van der Waals surface area contributed by atoms with E-state index in [-0.39, 0.29) is 10.7 Å². The van der Waals surface area contributed by atoms with Crippen LogP contribution in [0.5, 0.6) is 0 Å². The fourth-order valence-electron chi connectivity index (χ4n) is 1.91. The maximum absolute atomic E-state index is 13.0. The summed E-state index contributed by atoms with van der Waals surface area (Å²) in [5, 5.41) is 8.90. The first-order valence-corrected chi connectivity index (χ1v) is 7.97. The minimum atomic E-state index is -3.26. The molecule has 0 aliphatic rings. The van der Waals surface area contributed by atoms with Gasteiger partial charge in [-0.25, -0.2) is 12.8 Å². The molecule has 2 aromatic rings. The summed E-state index contributed by atoms with van der Waals surface area (Å²) >= 11 is 0. The Morgan fingerprint density at radius 3 is 1.95 bits per heavy atom. The lowest BCUT2D eigenvalue weighted by Crippen LogP contribution is -1.97. The number of rotatable bonds is 3. The van der Waals surface area contributed by atoms with Crippen LogP contribution in [0.4, 0.5) is 4.39 Å². The van der Waals surface area contributed by atoms with E-state index in [1.54, 1.807) is 24.3 Å². The van der Waals surface area contributed by atoms with Crippen LogP contribution in [0.2, 0.25) is 0 Å². The molecule has 0 saturated heterocycles. The van der Waals surface area contributed by atoms with Crippen molar-refractivity contribution < 1.29 is 12.8 Å². The smallest absolute Gasteiger partial charge is 0.175 e. The van der Waals surface area contributed by atoms with E-state index in [0.29, 0.717) is 16.7 Å². The Balaban J connectivity index is 2.48. The number of nitrogens with zero attached hydrogens (tertiary/aromatic N) is 1. The lowest BCUT2D eigenvalue weighted by atomic mass is 9.98. The molecule has 0 heterocycles. The van der Waals surface area contributed by atoms with Crippen LogP contribution in [-0.4, -0.2) is 14.7 Å². The van der Waals surface area contributed by atoms with Crippen molar-refractivity contribution in [1.82, 2.24) is 0 Å². The largest absolute Gasteiger partial charge is 0.224 e. The van der Waals surface area contributed by atoms with E-state index in [1.807, 2.05) is 6.07 Å². The molecule has 21 heavy (non-hydrogen) atoms. The summed E-state index contributed by atoms with van der Waals surface area (Å²) in [6, 6.07) is 13.9. The van der Waals surface area contributed by atoms with Crippen molar-refractivity contribution in [2.45, 2.75) is 4.90 Å². The molecule has 0 saturated carbocycles. The summed E-state index contributed by atoms with van der Waals surface area (Å²) in [4.78, 5) is 0.210. The molecule has 0 fully saturated rings. The van der Waals surface area contributed by atoms with Crippen molar-refractivity contribution in [2.75, 3.05) is 6.26 Å². The second kappa shape index (κ2) is 5.90. The topological polar surface area (TPSA) is 57.9 Å². The van der Waals surface area contributed by atoms with Gasteiger partial charge in [0.25, 0.3) is 0 Å². The summed E-state index contributed by atoms with van der Waals surface area (Å²) in [6.07, 6.45) is 2.48. The van der Waals surface area contributed by atoms with Crippen molar-refractivity contribution >= 4 is 15.4 Å². The Morgan fingerprint density at radius 2 is 1.52 bits per heavy atom. The molecule has 0 bridgehead atoms. The summed E-state index contributed by atoms with van der Waals surface area (Å²) in [5.41, 5.74) is 1.98. The molecule has 0 aliphatic carbocycles. The fourth-order valence-corrected chi connectivity index (χ4v) is 2.54. The first kappa shape index (κ1) is 14.9. The van der Waals surface area contributed by atoms with Crippen molar-refractivity contribution in [2.24, 2.45) is 0 Å². The predicted molar refractivity (Wildman–Crippen MR) is 78.6 cm³/mol. The molecule has 106 valence electrons. The van der Waals surface area contributed by atoms with Crippen LogP contribution in [0, 0.1) is 17.1 Å². The lowest BCUT2D eigenvalue weighted by molar-refractivity contribution is 0.602. The number of hydrogen-bond acceptors (Lipinski definition) is 3. The van der Waals surface area contributed by atoms with Gasteiger partial charge in [-0.05, 0) is 41.0 Å². The van der Waals surface area contributed by atoms with E-state index in [0.717, 1.165) is 6.26 Å². The van der Waals surface area contributed by atoms with Crippen LogP contribution in [0.3, 0.4) is 0 Å². The van der Waals surface area contributed by atoms with E-state index in [2.05, 4.69) is 0 Å². The Hall–Kier alpha value is -2.45. The average molecular weight is 301 g/mol. The Bertz CT molecular complexity index is 814. The third-order valence-corrected chi connectivity index (χ3v) is 4.09. The SMILES string of the molecule is CS(=O)(=O)c1ccc(C(=CC#N)c2ccc(F)cc2)cc1. The fraction of sp³-hybridized carbons (Fsp3) is 0.0625. The Morgan fingerprint density at radius 1 is 1.05 bits per heavy atom. The zero-order valence-corrected chi connectivity index (χ0v) is 12.1. The van der Waals surface area contributed by atoms with Crippen LogP contribution in [0.25, 0.3) is 5.57 Å². The van der Waals surface area contributed by atoms with Gasteiger partial charge >= 0.3 is 0 Å². The second-order valence-electron chi connectivity index (χ2n) is 4.49. The molecule has 0 atom stereocenters. The quantitative estimate of drug-likeness (QED) is 0.818. The van der Waals surface area contributed by atoms with Crippen molar-refractivity contribution in [1.29, 1.82) is 5.26 Å². The number of sulfone groups is 1. The summed E-state index contributed by atoms with van der Waals surface area (Å²) in [6.45, 7) is 0. The number of allylic oxidation sites excluding steroid dienone is 1. The van der Waals surface area contributed by atoms with Crippen LogP contribution in [0.1, 0.15) is 11.1 Å². The molecule has 0 unspecified atom stereocenters. The molecule has 3 nitrogen and oxygen atoms in total. The van der Waals surface area contributed by atoms with Gasteiger partial charge in [0.05, 0.1) is 11.0 Å². The Labute approximate surface area is 122 Å². The third-order valence-electron chi connectivity index (χ3n) is 2.96.